The first-order valence-corrected chi connectivity index (χ1v) is 6.30. The van der Waals surface area contributed by atoms with E-state index < -0.39 is 0 Å². The van der Waals surface area contributed by atoms with Crippen LogP contribution in [0.4, 0.5) is 5.69 Å². The molecule has 0 fully saturated rings. The number of hydrogen-bond acceptors (Lipinski definition) is 4. The monoisotopic (exact) mass is 241 g/mol. The number of ether oxygens (including phenoxy) is 2. The molecule has 1 aromatic carbocycles. The molecule has 1 aromatic rings. The molecule has 0 aliphatic carbocycles. The molecular weight excluding hydrogens is 222 g/mol. The van der Waals surface area contributed by atoms with Gasteiger partial charge in [-0.05, 0) is 26.0 Å². The van der Waals surface area contributed by atoms with Gasteiger partial charge in [-0.2, -0.15) is 0 Å². The lowest BCUT2D eigenvalue weighted by atomic mass is 10.3. The number of anilines is 1. The first-order valence-electron chi connectivity index (χ1n) is 5.32. The van der Waals surface area contributed by atoms with Crippen LogP contribution in [0, 0.1) is 0 Å². The maximum atomic E-state index is 6.03. The minimum Gasteiger partial charge on any atom is -0.489 e. The molecule has 0 bridgehead atoms. The van der Waals surface area contributed by atoms with E-state index >= 15 is 0 Å². The largest absolute Gasteiger partial charge is 0.489 e. The van der Waals surface area contributed by atoms with Crippen LogP contribution < -0.4 is 10.5 Å². The fourth-order valence-corrected chi connectivity index (χ4v) is 2.14. The van der Waals surface area contributed by atoms with Gasteiger partial charge < -0.3 is 15.2 Å². The van der Waals surface area contributed by atoms with Gasteiger partial charge in [-0.25, -0.2) is 0 Å². The van der Waals surface area contributed by atoms with E-state index in [1.807, 2.05) is 32.0 Å². The quantitative estimate of drug-likeness (QED) is 0.472. The Balaban J connectivity index is 2.70. The number of benzene rings is 1. The van der Waals surface area contributed by atoms with Crippen molar-refractivity contribution in [1.82, 2.24) is 0 Å². The van der Waals surface area contributed by atoms with Crippen molar-refractivity contribution in [2.24, 2.45) is 0 Å². The van der Waals surface area contributed by atoms with E-state index in [0.29, 0.717) is 0 Å². The Morgan fingerprint density at radius 3 is 2.75 bits per heavy atom. The molecule has 0 saturated carbocycles. The van der Waals surface area contributed by atoms with Gasteiger partial charge in [-0.3, -0.25) is 0 Å². The van der Waals surface area contributed by atoms with Gasteiger partial charge in [-0.1, -0.05) is 6.07 Å². The number of nitrogens with two attached hydrogens (primary N) is 1. The molecule has 0 spiro atoms. The summed E-state index contributed by atoms with van der Waals surface area (Å²) in [4.78, 5) is 1.05. The summed E-state index contributed by atoms with van der Waals surface area (Å²) in [6.45, 7) is 4.70. The Morgan fingerprint density at radius 2 is 2.12 bits per heavy atom. The third kappa shape index (κ3) is 3.94. The number of hydrogen-bond donors (Lipinski definition) is 1. The van der Waals surface area contributed by atoms with E-state index in [-0.39, 0.29) is 6.10 Å². The third-order valence-electron chi connectivity index (χ3n) is 1.93. The minimum absolute atomic E-state index is 0.140. The number of nitrogen functional groups attached to an aromatic ring is 1. The summed E-state index contributed by atoms with van der Waals surface area (Å²) in [5, 5.41) is 0. The Labute approximate surface area is 101 Å². The summed E-state index contributed by atoms with van der Waals surface area (Å²) < 4.78 is 10.6. The first kappa shape index (κ1) is 13.2. The molecule has 1 rings (SSSR count). The molecule has 0 aliphatic heterocycles. The number of thioether (sulfide) groups is 1. The average molecular weight is 241 g/mol. The van der Waals surface area contributed by atoms with Gasteiger partial charge in [0.1, 0.15) is 5.75 Å². The van der Waals surface area contributed by atoms with E-state index in [9.17, 15) is 0 Å². The summed E-state index contributed by atoms with van der Waals surface area (Å²) in [5.41, 5.74) is 6.75. The third-order valence-corrected chi connectivity index (χ3v) is 2.97. The highest BCUT2D eigenvalue weighted by molar-refractivity contribution is 7.99. The lowest BCUT2D eigenvalue weighted by molar-refractivity contribution is 0.218. The second kappa shape index (κ2) is 6.66. The van der Waals surface area contributed by atoms with E-state index in [0.717, 1.165) is 28.7 Å². The van der Waals surface area contributed by atoms with Crippen molar-refractivity contribution in [3.8, 4) is 5.75 Å². The van der Waals surface area contributed by atoms with Gasteiger partial charge in [0.15, 0.2) is 0 Å². The van der Waals surface area contributed by atoms with Crippen molar-refractivity contribution in [1.29, 1.82) is 0 Å². The lowest BCUT2D eigenvalue weighted by Gasteiger charge is -2.14. The van der Waals surface area contributed by atoms with Crippen LogP contribution in [0.1, 0.15) is 13.8 Å². The van der Waals surface area contributed by atoms with Crippen LogP contribution in [-0.2, 0) is 4.74 Å². The van der Waals surface area contributed by atoms with Crippen LogP contribution in [0.25, 0.3) is 0 Å². The van der Waals surface area contributed by atoms with Crippen LogP contribution in [-0.4, -0.2) is 25.6 Å². The Kier molecular flexibility index (Phi) is 5.49. The van der Waals surface area contributed by atoms with Crippen LogP contribution in [0.2, 0.25) is 0 Å². The molecule has 90 valence electrons. The number of methoxy groups -OCH3 is 1. The normalized spacial score (nSPS) is 10.8. The molecule has 4 heteroatoms. The molecule has 0 aliphatic rings. The van der Waals surface area contributed by atoms with Crippen molar-refractivity contribution in [2.75, 3.05) is 25.2 Å². The van der Waals surface area contributed by atoms with Crippen LogP contribution in [0.15, 0.2) is 23.1 Å². The predicted molar refractivity (Wildman–Crippen MR) is 69.2 cm³/mol. The Bertz CT molecular complexity index is 329. The zero-order valence-electron chi connectivity index (χ0n) is 10.0. The van der Waals surface area contributed by atoms with Gasteiger partial charge in [0, 0.05) is 17.8 Å². The summed E-state index contributed by atoms with van der Waals surface area (Å²) >= 11 is 1.68. The molecule has 16 heavy (non-hydrogen) atoms. The zero-order valence-corrected chi connectivity index (χ0v) is 10.8. The van der Waals surface area contributed by atoms with Crippen molar-refractivity contribution < 1.29 is 9.47 Å². The summed E-state index contributed by atoms with van der Waals surface area (Å²) in [5.74, 6) is 1.66. The van der Waals surface area contributed by atoms with Gasteiger partial charge in [0.05, 0.1) is 18.4 Å². The topological polar surface area (TPSA) is 44.5 Å². The minimum atomic E-state index is 0.140. The average Bonchev–Trinajstić information content (AvgIpc) is 2.23. The predicted octanol–water partition coefficient (Wildman–Crippen LogP) is 2.79. The maximum absolute atomic E-state index is 6.03. The summed E-state index contributed by atoms with van der Waals surface area (Å²) in [6, 6.07) is 5.86. The van der Waals surface area contributed by atoms with E-state index in [1.165, 1.54) is 0 Å². The molecule has 0 aromatic heterocycles. The highest BCUT2D eigenvalue weighted by Crippen LogP contribution is 2.33. The Morgan fingerprint density at radius 1 is 1.38 bits per heavy atom. The molecule has 3 nitrogen and oxygen atoms in total. The lowest BCUT2D eigenvalue weighted by Crippen LogP contribution is -2.07. The smallest absolute Gasteiger partial charge is 0.143 e. The molecule has 0 saturated heterocycles. The standard InChI is InChI=1S/C12H19NO2S/c1-9(2)15-10-5-4-6-11(12(10)13)16-8-7-14-3/h4-6,9H,7-8,13H2,1-3H3. The molecule has 0 amide bonds. The van der Waals surface area contributed by atoms with Crippen LogP contribution >= 0.6 is 11.8 Å². The molecule has 0 heterocycles. The van der Waals surface area contributed by atoms with Crippen LogP contribution in [0.3, 0.4) is 0 Å². The van der Waals surface area contributed by atoms with Gasteiger partial charge in [-0.15, -0.1) is 11.8 Å². The summed E-state index contributed by atoms with van der Waals surface area (Å²) in [7, 11) is 1.70. The fraction of sp³-hybridized carbons (Fsp3) is 0.500. The summed E-state index contributed by atoms with van der Waals surface area (Å²) in [6.07, 6.45) is 0.140. The van der Waals surface area contributed by atoms with Crippen molar-refractivity contribution >= 4 is 17.4 Å². The highest BCUT2D eigenvalue weighted by Gasteiger charge is 2.07. The molecule has 0 radical (unpaired) electrons. The number of para-hydroxylation sites is 1. The fourth-order valence-electron chi connectivity index (χ4n) is 1.24. The molecular formula is C12H19NO2S. The van der Waals surface area contributed by atoms with Gasteiger partial charge in [0.2, 0.25) is 0 Å². The van der Waals surface area contributed by atoms with Crippen molar-refractivity contribution in [2.45, 2.75) is 24.8 Å². The zero-order chi connectivity index (χ0) is 12.0. The highest BCUT2D eigenvalue weighted by atomic mass is 32.2. The van der Waals surface area contributed by atoms with Gasteiger partial charge in [0.25, 0.3) is 0 Å². The first-order chi connectivity index (χ1) is 7.65. The second-order valence-electron chi connectivity index (χ2n) is 3.68. The second-order valence-corrected chi connectivity index (χ2v) is 4.81. The Hall–Kier alpha value is -0.870. The van der Waals surface area contributed by atoms with Crippen LogP contribution in [0.5, 0.6) is 5.75 Å². The molecule has 0 unspecified atom stereocenters. The number of rotatable bonds is 6. The SMILES string of the molecule is COCCSc1cccc(OC(C)C)c1N. The maximum Gasteiger partial charge on any atom is 0.143 e. The van der Waals surface area contributed by atoms with E-state index in [2.05, 4.69) is 0 Å². The van der Waals surface area contributed by atoms with Crippen molar-refractivity contribution in [3.63, 3.8) is 0 Å². The molecule has 0 atom stereocenters. The molecule has 2 N–H and O–H groups in total. The van der Waals surface area contributed by atoms with E-state index in [4.69, 9.17) is 15.2 Å². The van der Waals surface area contributed by atoms with E-state index in [1.54, 1.807) is 18.9 Å². The van der Waals surface area contributed by atoms with Crippen molar-refractivity contribution in [3.05, 3.63) is 18.2 Å². The van der Waals surface area contributed by atoms with Gasteiger partial charge >= 0.3 is 0 Å².